The molecule has 0 heterocycles. The predicted octanol–water partition coefficient (Wildman–Crippen LogP) is -2.06. The summed E-state index contributed by atoms with van der Waals surface area (Å²) in [5.74, 6) is -1.72. The third-order valence-corrected chi connectivity index (χ3v) is 0.890. The first-order valence-corrected chi connectivity index (χ1v) is 2.96. The van der Waals surface area contributed by atoms with Gasteiger partial charge in [0.2, 0.25) is 0 Å². The number of hydrogen-bond donors (Lipinski definition) is 3. The molecular weight excluding hydrogens is 134 g/mol. The maximum Gasteiger partial charge on any atom is 0.309 e. The number of nitrogens with two attached hydrogens (primary N) is 2. The van der Waals surface area contributed by atoms with Gasteiger partial charge < -0.3 is 16.8 Å². The lowest BCUT2D eigenvalue weighted by Gasteiger charge is -1.98. The molecule has 5 N–H and O–H groups in total. The zero-order valence-corrected chi connectivity index (χ0v) is 5.59. The summed E-state index contributed by atoms with van der Waals surface area (Å²) in [6, 6.07) is 0. The molecule has 0 aliphatic heterocycles. The molecule has 10 heavy (non-hydrogen) atoms. The Morgan fingerprint density at radius 1 is 1.40 bits per heavy atom. The monoisotopic (exact) mass is 145 g/mol. The number of hydrogen-bond acceptors (Lipinski definition) is 3. The van der Waals surface area contributed by atoms with E-state index in [2.05, 4.69) is 11.1 Å². The average Bonchev–Trinajstić information content (AvgIpc) is 1.88. The molecule has 0 atom stereocenters. The summed E-state index contributed by atoms with van der Waals surface area (Å²) < 4.78 is 0. The molecule has 0 aromatic carbocycles. The highest BCUT2D eigenvalue weighted by Gasteiger charge is 2.05. The maximum atomic E-state index is 10.4. The van der Waals surface area contributed by atoms with Crippen molar-refractivity contribution >= 4 is 11.8 Å². The molecule has 58 valence electrons. The van der Waals surface area contributed by atoms with E-state index < -0.39 is 11.8 Å². The molecule has 0 bridgehead atoms. The third-order valence-electron chi connectivity index (χ3n) is 0.890. The van der Waals surface area contributed by atoms with Crippen LogP contribution < -0.4 is 16.8 Å². The molecule has 2 amide bonds. The topological polar surface area (TPSA) is 98.2 Å². The molecule has 0 saturated carbocycles. The molecule has 0 aliphatic rings. The second-order valence-electron chi connectivity index (χ2n) is 1.76. The Kier molecular flexibility index (Phi) is 4.23. The quantitative estimate of drug-likeness (QED) is 0.314. The molecule has 0 spiro atoms. The van der Waals surface area contributed by atoms with Crippen molar-refractivity contribution in [2.24, 2.45) is 11.5 Å². The lowest BCUT2D eigenvalue weighted by atomic mass is 10.4. The molecule has 0 aliphatic carbocycles. The molecule has 0 aromatic heterocycles. The number of rotatable bonds is 3. The van der Waals surface area contributed by atoms with Crippen molar-refractivity contribution in [2.45, 2.75) is 6.42 Å². The van der Waals surface area contributed by atoms with Crippen LogP contribution in [0.1, 0.15) is 6.42 Å². The SMILES string of the molecule is NCCCNC(=O)C(N)=O. The van der Waals surface area contributed by atoms with Gasteiger partial charge in [0.15, 0.2) is 0 Å². The van der Waals surface area contributed by atoms with E-state index in [0.29, 0.717) is 19.5 Å². The molecule has 5 nitrogen and oxygen atoms in total. The predicted molar refractivity (Wildman–Crippen MR) is 35.9 cm³/mol. The summed E-state index contributed by atoms with van der Waals surface area (Å²) in [7, 11) is 0. The minimum atomic E-state index is -0.961. The Balaban J connectivity index is 3.31. The molecule has 0 radical (unpaired) electrons. The first-order valence-electron chi connectivity index (χ1n) is 2.96. The Morgan fingerprint density at radius 3 is 2.40 bits per heavy atom. The van der Waals surface area contributed by atoms with Crippen molar-refractivity contribution in [3.63, 3.8) is 0 Å². The molecule has 0 aromatic rings. The highest BCUT2D eigenvalue weighted by molar-refractivity contribution is 6.34. The smallest absolute Gasteiger partial charge is 0.309 e. The first-order chi connectivity index (χ1) is 4.68. The van der Waals surface area contributed by atoms with Crippen molar-refractivity contribution in [1.82, 2.24) is 5.32 Å². The van der Waals surface area contributed by atoms with Crippen LogP contribution >= 0.6 is 0 Å². The van der Waals surface area contributed by atoms with Gasteiger partial charge in [-0.2, -0.15) is 0 Å². The Bertz CT molecular complexity index is 135. The van der Waals surface area contributed by atoms with Gasteiger partial charge in [0.25, 0.3) is 0 Å². The van der Waals surface area contributed by atoms with Gasteiger partial charge in [0, 0.05) is 6.54 Å². The van der Waals surface area contributed by atoms with E-state index >= 15 is 0 Å². The van der Waals surface area contributed by atoms with Gasteiger partial charge in [-0.3, -0.25) is 9.59 Å². The van der Waals surface area contributed by atoms with Crippen molar-refractivity contribution in [3.05, 3.63) is 0 Å². The lowest BCUT2D eigenvalue weighted by molar-refractivity contribution is -0.137. The molecule has 0 fully saturated rings. The van der Waals surface area contributed by atoms with E-state index in [9.17, 15) is 9.59 Å². The summed E-state index contributed by atoms with van der Waals surface area (Å²) in [5, 5.41) is 2.29. The highest BCUT2D eigenvalue weighted by atomic mass is 16.2. The number of amides is 2. The number of carbonyl (C=O) groups excluding carboxylic acids is 2. The largest absolute Gasteiger partial charge is 0.361 e. The Labute approximate surface area is 58.8 Å². The van der Waals surface area contributed by atoms with E-state index in [4.69, 9.17) is 5.73 Å². The molecular formula is C5H11N3O2. The normalized spacial score (nSPS) is 8.90. The summed E-state index contributed by atoms with van der Waals surface area (Å²) in [5.41, 5.74) is 9.76. The van der Waals surface area contributed by atoms with Gasteiger partial charge in [0.05, 0.1) is 0 Å². The zero-order chi connectivity index (χ0) is 7.98. The second kappa shape index (κ2) is 4.75. The maximum absolute atomic E-state index is 10.4. The summed E-state index contributed by atoms with van der Waals surface area (Å²) in [4.78, 5) is 20.5. The lowest BCUT2D eigenvalue weighted by Crippen LogP contribution is -2.36. The molecule has 5 heteroatoms. The fourth-order valence-corrected chi connectivity index (χ4v) is 0.391. The standard InChI is InChI=1S/C5H11N3O2/c6-2-1-3-8-5(10)4(7)9/h1-3,6H2,(H2,7,9)(H,8,10). The zero-order valence-electron chi connectivity index (χ0n) is 5.59. The van der Waals surface area contributed by atoms with E-state index in [1.54, 1.807) is 0 Å². The first kappa shape index (κ1) is 8.90. The minimum absolute atomic E-state index is 0.401. The number of primary amides is 1. The fraction of sp³-hybridized carbons (Fsp3) is 0.600. The van der Waals surface area contributed by atoms with Crippen LogP contribution in [0.25, 0.3) is 0 Å². The van der Waals surface area contributed by atoms with E-state index in [1.165, 1.54) is 0 Å². The van der Waals surface area contributed by atoms with Gasteiger partial charge >= 0.3 is 11.8 Å². The minimum Gasteiger partial charge on any atom is -0.361 e. The highest BCUT2D eigenvalue weighted by Crippen LogP contribution is 1.69. The van der Waals surface area contributed by atoms with Crippen molar-refractivity contribution < 1.29 is 9.59 Å². The van der Waals surface area contributed by atoms with Crippen LogP contribution in [0.5, 0.6) is 0 Å². The van der Waals surface area contributed by atoms with E-state index in [0.717, 1.165) is 0 Å². The molecule has 0 unspecified atom stereocenters. The van der Waals surface area contributed by atoms with Gasteiger partial charge in [-0.1, -0.05) is 0 Å². The van der Waals surface area contributed by atoms with E-state index in [1.807, 2.05) is 0 Å². The van der Waals surface area contributed by atoms with Crippen LogP contribution in [-0.2, 0) is 9.59 Å². The Morgan fingerprint density at radius 2 is 2.00 bits per heavy atom. The van der Waals surface area contributed by atoms with E-state index in [-0.39, 0.29) is 0 Å². The van der Waals surface area contributed by atoms with Crippen molar-refractivity contribution in [2.75, 3.05) is 13.1 Å². The second-order valence-corrected chi connectivity index (χ2v) is 1.76. The van der Waals surface area contributed by atoms with Gasteiger partial charge in [-0.25, -0.2) is 0 Å². The van der Waals surface area contributed by atoms with Crippen LogP contribution in [-0.4, -0.2) is 24.9 Å². The number of nitrogens with one attached hydrogen (secondary N) is 1. The summed E-state index contributed by atoms with van der Waals surface area (Å²) in [6.07, 6.45) is 0.652. The molecule has 0 saturated heterocycles. The van der Waals surface area contributed by atoms with Crippen molar-refractivity contribution in [1.29, 1.82) is 0 Å². The Hall–Kier alpha value is -1.10. The summed E-state index contributed by atoms with van der Waals surface area (Å²) >= 11 is 0. The van der Waals surface area contributed by atoms with Crippen LogP contribution in [0, 0.1) is 0 Å². The van der Waals surface area contributed by atoms with Crippen LogP contribution in [0.2, 0.25) is 0 Å². The average molecular weight is 145 g/mol. The van der Waals surface area contributed by atoms with Gasteiger partial charge in [-0.05, 0) is 13.0 Å². The van der Waals surface area contributed by atoms with Crippen molar-refractivity contribution in [3.8, 4) is 0 Å². The van der Waals surface area contributed by atoms with Crippen LogP contribution in [0.4, 0.5) is 0 Å². The van der Waals surface area contributed by atoms with Crippen LogP contribution in [0.15, 0.2) is 0 Å². The van der Waals surface area contributed by atoms with Crippen LogP contribution in [0.3, 0.4) is 0 Å². The fourth-order valence-electron chi connectivity index (χ4n) is 0.391. The third kappa shape index (κ3) is 3.85. The number of carbonyl (C=O) groups is 2. The van der Waals surface area contributed by atoms with Gasteiger partial charge in [0.1, 0.15) is 0 Å². The van der Waals surface area contributed by atoms with Gasteiger partial charge in [-0.15, -0.1) is 0 Å². The molecule has 0 rings (SSSR count). The summed E-state index contributed by atoms with van der Waals surface area (Å²) in [6.45, 7) is 0.886.